The van der Waals surface area contributed by atoms with Crippen molar-refractivity contribution in [3.8, 4) is 5.75 Å². The fourth-order valence-electron chi connectivity index (χ4n) is 2.11. The van der Waals surface area contributed by atoms with Gasteiger partial charge in [-0.25, -0.2) is 12.8 Å². The lowest BCUT2D eigenvalue weighted by Gasteiger charge is -2.24. The van der Waals surface area contributed by atoms with Crippen LogP contribution in [0.15, 0.2) is 47.4 Å². The summed E-state index contributed by atoms with van der Waals surface area (Å²) in [6.07, 6.45) is 0. The van der Waals surface area contributed by atoms with Crippen LogP contribution in [0.3, 0.4) is 0 Å². The van der Waals surface area contributed by atoms with E-state index < -0.39 is 15.8 Å². The molecular weight excluding hydrogens is 293 g/mol. The van der Waals surface area contributed by atoms with Crippen molar-refractivity contribution >= 4 is 15.7 Å². The summed E-state index contributed by atoms with van der Waals surface area (Å²) in [5.41, 5.74) is 0.802. The zero-order valence-corrected chi connectivity index (χ0v) is 12.6. The highest BCUT2D eigenvalue weighted by molar-refractivity contribution is 7.92. The second-order valence-corrected chi connectivity index (χ2v) is 6.43. The SMILES string of the molecule is CCN(c1cccc(O)c1)S(=O)(=O)c1cc(F)ccc1C. The molecular formula is C15H16FNO3S. The molecule has 2 rings (SSSR count). The highest BCUT2D eigenvalue weighted by Gasteiger charge is 2.26. The van der Waals surface area contributed by atoms with Crippen LogP contribution < -0.4 is 4.31 Å². The van der Waals surface area contributed by atoms with Crippen LogP contribution in [0.5, 0.6) is 5.75 Å². The number of benzene rings is 2. The van der Waals surface area contributed by atoms with Gasteiger partial charge in [-0.3, -0.25) is 4.31 Å². The van der Waals surface area contributed by atoms with Crippen molar-refractivity contribution in [3.63, 3.8) is 0 Å². The minimum Gasteiger partial charge on any atom is -0.508 e. The Balaban J connectivity index is 2.57. The zero-order valence-electron chi connectivity index (χ0n) is 11.7. The first-order valence-electron chi connectivity index (χ1n) is 6.44. The molecule has 0 unspecified atom stereocenters. The third kappa shape index (κ3) is 3.00. The molecule has 2 aromatic rings. The normalized spacial score (nSPS) is 11.4. The highest BCUT2D eigenvalue weighted by Crippen LogP contribution is 2.28. The molecule has 0 fully saturated rings. The van der Waals surface area contributed by atoms with Crippen molar-refractivity contribution in [1.29, 1.82) is 0 Å². The highest BCUT2D eigenvalue weighted by atomic mass is 32.2. The van der Waals surface area contributed by atoms with E-state index in [1.807, 2.05) is 0 Å². The molecule has 0 atom stereocenters. The van der Waals surface area contributed by atoms with Crippen molar-refractivity contribution < 1.29 is 17.9 Å². The standard InChI is InChI=1S/C15H16FNO3S/c1-3-17(13-5-4-6-14(18)10-13)21(19,20)15-9-12(16)8-7-11(15)2/h4-10,18H,3H2,1-2H3. The van der Waals surface area contributed by atoms with Gasteiger partial charge in [-0.1, -0.05) is 12.1 Å². The Labute approximate surface area is 123 Å². The molecule has 0 radical (unpaired) electrons. The second kappa shape index (κ2) is 5.73. The monoisotopic (exact) mass is 309 g/mol. The maximum absolute atomic E-state index is 13.4. The quantitative estimate of drug-likeness (QED) is 0.944. The first-order chi connectivity index (χ1) is 9.86. The lowest BCUT2D eigenvalue weighted by Crippen LogP contribution is -2.31. The Morgan fingerprint density at radius 1 is 1.19 bits per heavy atom. The van der Waals surface area contributed by atoms with E-state index in [1.54, 1.807) is 26.0 Å². The summed E-state index contributed by atoms with van der Waals surface area (Å²) in [6, 6.07) is 9.61. The van der Waals surface area contributed by atoms with Gasteiger partial charge in [0, 0.05) is 12.6 Å². The predicted octanol–water partition coefficient (Wildman–Crippen LogP) is 3.05. The largest absolute Gasteiger partial charge is 0.508 e. The third-order valence-corrected chi connectivity index (χ3v) is 5.17. The number of halogens is 1. The molecule has 0 aliphatic carbocycles. The Hall–Kier alpha value is -2.08. The molecule has 0 spiro atoms. The Morgan fingerprint density at radius 3 is 2.52 bits per heavy atom. The molecule has 0 amide bonds. The van der Waals surface area contributed by atoms with E-state index >= 15 is 0 Å². The molecule has 4 nitrogen and oxygen atoms in total. The topological polar surface area (TPSA) is 57.6 Å². The summed E-state index contributed by atoms with van der Waals surface area (Å²) in [4.78, 5) is -0.0762. The van der Waals surface area contributed by atoms with Gasteiger partial charge < -0.3 is 5.11 Å². The van der Waals surface area contributed by atoms with Crippen LogP contribution in [0.1, 0.15) is 12.5 Å². The van der Waals surface area contributed by atoms with E-state index in [4.69, 9.17) is 0 Å². The van der Waals surface area contributed by atoms with Gasteiger partial charge in [0.05, 0.1) is 10.6 Å². The predicted molar refractivity (Wildman–Crippen MR) is 79.4 cm³/mol. The van der Waals surface area contributed by atoms with Crippen molar-refractivity contribution in [2.24, 2.45) is 0 Å². The van der Waals surface area contributed by atoms with Gasteiger partial charge >= 0.3 is 0 Å². The second-order valence-electron chi connectivity index (χ2n) is 4.60. The number of phenols is 1. The summed E-state index contributed by atoms with van der Waals surface area (Å²) >= 11 is 0. The average Bonchev–Trinajstić information content (AvgIpc) is 2.42. The van der Waals surface area contributed by atoms with Gasteiger partial charge in [0.15, 0.2) is 0 Å². The third-order valence-electron chi connectivity index (χ3n) is 3.12. The van der Waals surface area contributed by atoms with Gasteiger partial charge in [0.2, 0.25) is 0 Å². The fraction of sp³-hybridized carbons (Fsp3) is 0.200. The van der Waals surface area contributed by atoms with E-state index in [1.165, 1.54) is 24.3 Å². The lowest BCUT2D eigenvalue weighted by molar-refractivity contribution is 0.475. The summed E-state index contributed by atoms with van der Waals surface area (Å²) in [7, 11) is -3.89. The summed E-state index contributed by atoms with van der Waals surface area (Å²) in [5.74, 6) is -0.636. The van der Waals surface area contributed by atoms with Crippen molar-refractivity contribution in [1.82, 2.24) is 0 Å². The Kier molecular flexibility index (Phi) is 4.18. The number of sulfonamides is 1. The van der Waals surface area contributed by atoms with Crippen LogP contribution in [0, 0.1) is 12.7 Å². The smallest absolute Gasteiger partial charge is 0.264 e. The first kappa shape index (κ1) is 15.3. The van der Waals surface area contributed by atoms with E-state index in [0.717, 1.165) is 10.4 Å². The minimum atomic E-state index is -3.89. The number of aryl methyl sites for hydroxylation is 1. The van der Waals surface area contributed by atoms with Gasteiger partial charge in [0.1, 0.15) is 11.6 Å². The summed E-state index contributed by atoms with van der Waals surface area (Å²) in [6.45, 7) is 3.46. The molecule has 0 aromatic heterocycles. The maximum atomic E-state index is 13.4. The molecule has 0 saturated carbocycles. The summed E-state index contributed by atoms with van der Waals surface area (Å²) in [5, 5.41) is 9.51. The molecule has 0 heterocycles. The molecule has 6 heteroatoms. The number of nitrogens with zero attached hydrogens (tertiary/aromatic N) is 1. The molecule has 0 bridgehead atoms. The average molecular weight is 309 g/mol. The number of hydrogen-bond acceptors (Lipinski definition) is 3. The van der Waals surface area contributed by atoms with E-state index in [9.17, 15) is 17.9 Å². The van der Waals surface area contributed by atoms with Crippen LogP contribution in [0.4, 0.5) is 10.1 Å². The molecule has 2 aromatic carbocycles. The Bertz CT molecular complexity index is 759. The molecule has 0 saturated heterocycles. The fourth-order valence-corrected chi connectivity index (χ4v) is 3.81. The first-order valence-corrected chi connectivity index (χ1v) is 7.88. The molecule has 0 aliphatic rings. The van der Waals surface area contributed by atoms with Crippen LogP contribution >= 0.6 is 0 Å². The number of hydrogen-bond donors (Lipinski definition) is 1. The van der Waals surface area contributed by atoms with Gasteiger partial charge in [-0.2, -0.15) is 0 Å². The van der Waals surface area contributed by atoms with Crippen molar-refractivity contribution in [3.05, 3.63) is 53.8 Å². The zero-order chi connectivity index (χ0) is 15.6. The maximum Gasteiger partial charge on any atom is 0.264 e. The van der Waals surface area contributed by atoms with E-state index in [-0.39, 0.29) is 17.2 Å². The van der Waals surface area contributed by atoms with Crippen LogP contribution in [0.25, 0.3) is 0 Å². The van der Waals surface area contributed by atoms with Gasteiger partial charge in [-0.15, -0.1) is 0 Å². The molecule has 0 aliphatic heterocycles. The number of rotatable bonds is 4. The number of phenolic OH excluding ortho intramolecular Hbond substituents is 1. The number of anilines is 1. The van der Waals surface area contributed by atoms with Crippen LogP contribution in [-0.4, -0.2) is 20.1 Å². The molecule has 21 heavy (non-hydrogen) atoms. The summed E-state index contributed by atoms with van der Waals surface area (Å²) < 4.78 is 40.0. The van der Waals surface area contributed by atoms with Crippen LogP contribution in [0.2, 0.25) is 0 Å². The van der Waals surface area contributed by atoms with Crippen molar-refractivity contribution in [2.75, 3.05) is 10.8 Å². The number of aromatic hydroxyl groups is 1. The van der Waals surface area contributed by atoms with Gasteiger partial charge in [-0.05, 0) is 43.7 Å². The Morgan fingerprint density at radius 2 is 1.90 bits per heavy atom. The van der Waals surface area contributed by atoms with Gasteiger partial charge in [0.25, 0.3) is 10.0 Å². The van der Waals surface area contributed by atoms with E-state index in [2.05, 4.69) is 0 Å². The lowest BCUT2D eigenvalue weighted by atomic mass is 10.2. The minimum absolute atomic E-state index is 0.0304. The molecule has 1 N–H and O–H groups in total. The van der Waals surface area contributed by atoms with Crippen molar-refractivity contribution in [2.45, 2.75) is 18.7 Å². The van der Waals surface area contributed by atoms with Crippen LogP contribution in [-0.2, 0) is 10.0 Å². The molecule has 112 valence electrons. The van der Waals surface area contributed by atoms with E-state index in [0.29, 0.717) is 11.3 Å².